The smallest absolute Gasteiger partial charge is 1.00 e. The number of rotatable bonds is 0. The van der Waals surface area contributed by atoms with E-state index in [9.17, 15) is 0 Å². The fourth-order valence-corrected chi connectivity index (χ4v) is 0. The van der Waals surface area contributed by atoms with E-state index < -0.39 is 0 Å². The van der Waals surface area contributed by atoms with Crippen molar-refractivity contribution in [3.63, 3.8) is 0 Å². The molecule has 0 nitrogen and oxygen atoms in total. The van der Waals surface area contributed by atoms with Gasteiger partial charge in [0.15, 0.2) is 0 Å². The quantitative estimate of drug-likeness (QED) is 0.312. The number of hydrogen-bond donors (Lipinski definition) is 0. The van der Waals surface area contributed by atoms with Crippen LogP contribution < -0.4 is 112 Å². The summed E-state index contributed by atoms with van der Waals surface area (Å²) in [4.78, 5) is 0. The zero-order valence-corrected chi connectivity index (χ0v) is 14.5. The van der Waals surface area contributed by atoms with Gasteiger partial charge < -0.3 is 112 Å². The van der Waals surface area contributed by atoms with Gasteiger partial charge in [-0.1, -0.05) is 0 Å². The summed E-state index contributed by atoms with van der Waals surface area (Å²) in [6.07, 6.45) is 0. The van der Waals surface area contributed by atoms with Crippen molar-refractivity contribution in [1.29, 1.82) is 0 Å². The van der Waals surface area contributed by atoms with E-state index in [4.69, 9.17) is 0 Å². The van der Waals surface area contributed by atoms with Crippen molar-refractivity contribution in [2.75, 3.05) is 0 Å². The van der Waals surface area contributed by atoms with Crippen molar-refractivity contribution < 1.29 is 151 Å². The Morgan fingerprint density at radius 3 is 0.273 bits per heavy atom. The van der Waals surface area contributed by atoms with E-state index in [0.29, 0.717) is 0 Å². The summed E-state index contributed by atoms with van der Waals surface area (Å²) in [6.45, 7) is 0. The molecule has 0 rings (SSSR count). The van der Waals surface area contributed by atoms with Crippen molar-refractivity contribution in [3.8, 4) is 0 Å². The van der Waals surface area contributed by atoms with Gasteiger partial charge in [0.05, 0.1) is 0 Å². The molecule has 0 N–H and O–H groups in total. The molecule has 0 aliphatic carbocycles. The van der Waals surface area contributed by atoms with E-state index in [0.717, 1.165) is 0 Å². The van der Waals surface area contributed by atoms with Crippen molar-refractivity contribution in [1.82, 2.24) is 0 Å². The zero-order chi connectivity index (χ0) is 0. The van der Waals surface area contributed by atoms with Crippen LogP contribution in [0.15, 0.2) is 0 Å². The summed E-state index contributed by atoms with van der Waals surface area (Å²) in [5.41, 5.74) is 0. The monoisotopic (exact) mass is 464 g/mol. The van der Waals surface area contributed by atoms with E-state index in [1.54, 1.807) is 0 Å². The van der Waals surface area contributed by atoms with Crippen LogP contribution in [-0.4, -0.2) is 0 Å². The molecule has 0 atom stereocenters. The topological polar surface area (TPSA) is 0 Å². The molecule has 11 heavy (non-hydrogen) atoms. The normalized spacial score (nSPS) is 0. The van der Waals surface area contributed by atoms with Crippen molar-refractivity contribution in [2.45, 2.75) is 0 Å². The third kappa shape index (κ3) is 130. The summed E-state index contributed by atoms with van der Waals surface area (Å²) < 4.78 is 0. The maximum Gasteiger partial charge on any atom is 4.00 e. The molecule has 0 aliphatic rings. The van der Waals surface area contributed by atoms with E-state index in [2.05, 4.69) is 0 Å². The Hall–Kier alpha value is 3.88. The van der Waals surface area contributed by atoms with Crippen LogP contribution in [0.2, 0.25) is 0 Å². The van der Waals surface area contributed by atoms with Gasteiger partial charge in [0.25, 0.3) is 0 Å². The largest absolute Gasteiger partial charge is 4.00 e. The number of halogens is 9. The standard InChI is InChI=1S/9ClH.Mo.V/h9*1H;;/q;;;;;;;;;+4;/p-9. The van der Waals surface area contributed by atoms with Gasteiger partial charge in [-0.25, -0.2) is 0 Å². The maximum absolute atomic E-state index is 0. The predicted molar refractivity (Wildman–Crippen MR) is 0 cm³/mol. The minimum absolute atomic E-state index is 0. The average molecular weight is 466 g/mol. The zero-order valence-electron chi connectivity index (χ0n) is 4.26. The Morgan fingerprint density at radius 1 is 0.273 bits per heavy atom. The summed E-state index contributed by atoms with van der Waals surface area (Å²) in [6, 6.07) is 0. The predicted octanol–water partition coefficient (Wildman–Crippen LogP) is -27.0. The molecule has 0 saturated carbocycles. The second kappa shape index (κ2) is 153. The Labute approximate surface area is 149 Å². The van der Waals surface area contributed by atoms with Crippen molar-refractivity contribution in [3.05, 3.63) is 0 Å². The maximum atomic E-state index is 0. The van der Waals surface area contributed by atoms with Crippen LogP contribution in [0.25, 0.3) is 0 Å². The molecule has 0 amide bonds. The molecule has 0 spiro atoms. The molecule has 0 bridgehead atoms. The van der Waals surface area contributed by atoms with Gasteiger partial charge in [-0.15, -0.1) is 0 Å². The van der Waals surface area contributed by atoms with Gasteiger partial charge in [-0.2, -0.15) is 0 Å². The molecule has 11 heteroatoms. The van der Waals surface area contributed by atoms with Crippen LogP contribution in [0.1, 0.15) is 0 Å². The van der Waals surface area contributed by atoms with Crippen LogP contribution in [0.4, 0.5) is 0 Å². The molecule has 0 fully saturated rings. The fraction of sp³-hybridized carbons (Fsp3) is 0. The van der Waals surface area contributed by atoms with Crippen LogP contribution in [0.5, 0.6) is 0 Å². The van der Waals surface area contributed by atoms with E-state index in [1.807, 2.05) is 0 Å². The Kier molecular flexibility index (Phi) is 2640. The molecule has 0 aromatic carbocycles. The SMILES string of the molecule is [Cl-].[Cl-].[Cl-].[Cl-].[Cl-].[Cl-].[Cl-].[Cl-].[Cl-].[Mo+4].[V]. The second-order valence-electron chi connectivity index (χ2n) is 0. The summed E-state index contributed by atoms with van der Waals surface area (Å²) in [7, 11) is 0. The van der Waals surface area contributed by atoms with Crippen LogP contribution in [0, 0.1) is 0 Å². The van der Waals surface area contributed by atoms with Crippen molar-refractivity contribution >= 4 is 0 Å². The minimum Gasteiger partial charge on any atom is -1.00 e. The van der Waals surface area contributed by atoms with Crippen molar-refractivity contribution in [2.24, 2.45) is 0 Å². The fourth-order valence-electron chi connectivity index (χ4n) is 0. The molecule has 0 aliphatic heterocycles. The molecule has 0 saturated heterocycles. The van der Waals surface area contributed by atoms with E-state index >= 15 is 0 Å². The molecular weight excluding hydrogens is 466 g/mol. The van der Waals surface area contributed by atoms with E-state index in [-0.39, 0.29) is 151 Å². The summed E-state index contributed by atoms with van der Waals surface area (Å²) in [5, 5.41) is 0. The average Bonchev–Trinajstić information content (AvgIpc) is 0. The molecule has 0 heterocycles. The number of hydrogen-bond acceptors (Lipinski definition) is 0. The third-order valence-electron chi connectivity index (χ3n) is 0. The van der Waals surface area contributed by atoms with Gasteiger partial charge in [0, 0.05) is 18.6 Å². The van der Waals surface area contributed by atoms with Crippen LogP contribution in [0.3, 0.4) is 0 Å². The van der Waals surface area contributed by atoms with Crippen LogP contribution >= 0.6 is 0 Å². The van der Waals surface area contributed by atoms with Gasteiger partial charge in [-0.05, 0) is 0 Å². The molecule has 0 aromatic rings. The van der Waals surface area contributed by atoms with Gasteiger partial charge in [-0.3, -0.25) is 0 Å². The summed E-state index contributed by atoms with van der Waals surface area (Å²) in [5.74, 6) is 0. The Balaban J connectivity index is 0. The van der Waals surface area contributed by atoms with Gasteiger partial charge >= 0.3 is 21.1 Å². The first-order valence-electron chi connectivity index (χ1n) is 0. The van der Waals surface area contributed by atoms with Crippen LogP contribution in [-0.2, 0) is 39.6 Å². The second-order valence-corrected chi connectivity index (χ2v) is 0. The molecule has 0 aromatic heterocycles. The third-order valence-corrected chi connectivity index (χ3v) is 0. The molecule has 79 valence electrons. The molecular formula is Cl9MoV-5. The first-order chi connectivity index (χ1) is 0. The van der Waals surface area contributed by atoms with Gasteiger partial charge in [0.2, 0.25) is 0 Å². The molecule has 0 unspecified atom stereocenters. The van der Waals surface area contributed by atoms with Gasteiger partial charge in [0.1, 0.15) is 0 Å². The summed E-state index contributed by atoms with van der Waals surface area (Å²) >= 11 is 0. The Bertz CT molecular complexity index is 9.52. The Morgan fingerprint density at radius 2 is 0.273 bits per heavy atom. The molecule has 1 radical (unpaired) electrons. The first kappa shape index (κ1) is 190. The minimum atomic E-state index is 0. The van der Waals surface area contributed by atoms with E-state index in [1.165, 1.54) is 0 Å². The first-order valence-corrected chi connectivity index (χ1v) is 0.